The number of hydrogen-bond acceptors (Lipinski definition) is 3. The van der Waals surface area contributed by atoms with E-state index in [-0.39, 0.29) is 12.1 Å². The van der Waals surface area contributed by atoms with Crippen LogP contribution in [0.5, 0.6) is 5.75 Å². The van der Waals surface area contributed by atoms with Gasteiger partial charge in [0.1, 0.15) is 11.9 Å². The Morgan fingerprint density at radius 3 is 2.45 bits per heavy atom. The van der Waals surface area contributed by atoms with E-state index in [1.165, 1.54) is 0 Å². The molecule has 2 aromatic rings. The Balaban J connectivity index is 2.27. The molecule has 0 aliphatic heterocycles. The summed E-state index contributed by atoms with van der Waals surface area (Å²) >= 11 is 0. The van der Waals surface area contributed by atoms with E-state index in [4.69, 9.17) is 9.47 Å². The first-order chi connectivity index (χ1) is 9.51. The van der Waals surface area contributed by atoms with Crippen LogP contribution in [0.2, 0.25) is 0 Å². The van der Waals surface area contributed by atoms with Crippen molar-refractivity contribution >= 4 is 16.7 Å². The van der Waals surface area contributed by atoms with Crippen molar-refractivity contribution in [2.75, 3.05) is 7.11 Å². The van der Waals surface area contributed by atoms with Crippen LogP contribution in [0.25, 0.3) is 10.8 Å². The van der Waals surface area contributed by atoms with E-state index < -0.39 is 0 Å². The molecular formula is C17H18O3. The molecule has 0 aliphatic rings. The highest BCUT2D eigenvalue weighted by atomic mass is 16.5. The number of hydrogen-bond donors (Lipinski definition) is 0. The fourth-order valence-electron chi connectivity index (χ4n) is 1.95. The Bertz CT molecular complexity index is 658. The Kier molecular flexibility index (Phi) is 4.08. The molecule has 2 aromatic carbocycles. The molecule has 1 unspecified atom stereocenters. The molecule has 104 valence electrons. The predicted octanol–water partition coefficient (Wildman–Crippen LogP) is 4.03. The molecule has 0 amide bonds. The van der Waals surface area contributed by atoms with Crippen LogP contribution in [0, 0.1) is 0 Å². The molecule has 0 saturated carbocycles. The Labute approximate surface area is 118 Å². The average molecular weight is 270 g/mol. The molecule has 1 atom stereocenters. The molecule has 0 spiro atoms. The van der Waals surface area contributed by atoms with Crippen LogP contribution in [0.4, 0.5) is 0 Å². The first kappa shape index (κ1) is 14.1. The molecule has 0 radical (unpaired) electrons. The topological polar surface area (TPSA) is 35.5 Å². The molecule has 3 heteroatoms. The lowest BCUT2D eigenvalue weighted by Gasteiger charge is -2.14. The minimum absolute atomic E-state index is 0.300. The third-order valence-electron chi connectivity index (χ3n) is 3.17. The molecular weight excluding hydrogens is 252 g/mol. The molecule has 0 heterocycles. The Morgan fingerprint density at radius 1 is 1.15 bits per heavy atom. The van der Waals surface area contributed by atoms with Gasteiger partial charge >= 0.3 is 5.97 Å². The molecule has 0 aromatic heterocycles. The second-order valence-electron chi connectivity index (χ2n) is 4.80. The molecule has 3 nitrogen and oxygen atoms in total. The van der Waals surface area contributed by atoms with E-state index in [2.05, 4.69) is 6.58 Å². The molecule has 0 saturated heterocycles. The SMILES string of the molecule is C=C(C)C(=O)OC(C)c1ccc2cc(OC)ccc2c1. The first-order valence-electron chi connectivity index (χ1n) is 6.45. The zero-order chi connectivity index (χ0) is 14.7. The summed E-state index contributed by atoms with van der Waals surface area (Å²) in [7, 11) is 1.65. The standard InChI is InChI=1S/C17H18O3/c1-11(2)17(18)20-12(3)13-5-6-15-10-16(19-4)8-7-14(15)9-13/h5-10,12H,1H2,2-4H3. The van der Waals surface area contributed by atoms with Crippen molar-refractivity contribution in [3.63, 3.8) is 0 Å². The molecule has 0 bridgehead atoms. The van der Waals surface area contributed by atoms with Crippen LogP contribution in [-0.4, -0.2) is 13.1 Å². The maximum Gasteiger partial charge on any atom is 0.333 e. The van der Waals surface area contributed by atoms with Crippen LogP contribution in [0.3, 0.4) is 0 Å². The van der Waals surface area contributed by atoms with E-state index in [9.17, 15) is 4.79 Å². The third kappa shape index (κ3) is 2.99. The summed E-state index contributed by atoms with van der Waals surface area (Å²) in [5.74, 6) is 0.458. The molecule has 0 fully saturated rings. The number of ether oxygens (including phenoxy) is 2. The number of carbonyl (C=O) groups excluding carboxylic acids is 1. The van der Waals surface area contributed by atoms with E-state index in [1.54, 1.807) is 14.0 Å². The number of esters is 1. The van der Waals surface area contributed by atoms with Crippen molar-refractivity contribution in [2.24, 2.45) is 0 Å². The van der Waals surface area contributed by atoms with Crippen molar-refractivity contribution in [3.05, 3.63) is 54.1 Å². The van der Waals surface area contributed by atoms with Crippen LogP contribution >= 0.6 is 0 Å². The fraction of sp³-hybridized carbons (Fsp3) is 0.235. The van der Waals surface area contributed by atoms with Crippen molar-refractivity contribution in [1.82, 2.24) is 0 Å². The Hall–Kier alpha value is -2.29. The van der Waals surface area contributed by atoms with Gasteiger partial charge in [-0.15, -0.1) is 0 Å². The molecule has 2 rings (SSSR count). The summed E-state index contributed by atoms with van der Waals surface area (Å²) in [6.07, 6.45) is -0.300. The number of methoxy groups -OCH3 is 1. The second kappa shape index (κ2) is 5.78. The summed E-state index contributed by atoms with van der Waals surface area (Å²) in [5, 5.41) is 2.17. The van der Waals surface area contributed by atoms with Gasteiger partial charge in [0.05, 0.1) is 7.11 Å². The average Bonchev–Trinajstić information content (AvgIpc) is 2.45. The third-order valence-corrected chi connectivity index (χ3v) is 3.17. The number of carbonyl (C=O) groups is 1. The smallest absolute Gasteiger partial charge is 0.333 e. The van der Waals surface area contributed by atoms with Crippen LogP contribution < -0.4 is 4.74 Å². The van der Waals surface area contributed by atoms with Crippen LogP contribution in [0.15, 0.2) is 48.6 Å². The minimum atomic E-state index is -0.368. The first-order valence-corrected chi connectivity index (χ1v) is 6.45. The summed E-state index contributed by atoms with van der Waals surface area (Å²) in [6, 6.07) is 11.9. The zero-order valence-electron chi connectivity index (χ0n) is 12.0. The van der Waals surface area contributed by atoms with Crippen LogP contribution in [-0.2, 0) is 9.53 Å². The van der Waals surface area contributed by atoms with Gasteiger partial charge in [-0.3, -0.25) is 0 Å². The monoisotopic (exact) mass is 270 g/mol. The quantitative estimate of drug-likeness (QED) is 0.621. The second-order valence-corrected chi connectivity index (χ2v) is 4.80. The van der Waals surface area contributed by atoms with Crippen LogP contribution in [0.1, 0.15) is 25.5 Å². The highest BCUT2D eigenvalue weighted by Crippen LogP contribution is 2.26. The van der Waals surface area contributed by atoms with Crippen molar-refractivity contribution in [1.29, 1.82) is 0 Å². The maximum absolute atomic E-state index is 11.5. The molecule has 0 N–H and O–H groups in total. The van der Waals surface area contributed by atoms with Gasteiger partial charge in [0.2, 0.25) is 0 Å². The largest absolute Gasteiger partial charge is 0.497 e. The normalized spacial score (nSPS) is 11.9. The lowest BCUT2D eigenvalue weighted by molar-refractivity contribution is -0.143. The van der Waals surface area contributed by atoms with Gasteiger partial charge < -0.3 is 9.47 Å². The lowest BCUT2D eigenvalue weighted by Crippen LogP contribution is -2.09. The maximum atomic E-state index is 11.5. The fourth-order valence-corrected chi connectivity index (χ4v) is 1.95. The summed E-state index contributed by atoms with van der Waals surface area (Å²) in [5.41, 5.74) is 1.36. The highest BCUT2D eigenvalue weighted by molar-refractivity contribution is 5.87. The van der Waals surface area contributed by atoms with Gasteiger partial charge in [-0.2, -0.15) is 0 Å². The van der Waals surface area contributed by atoms with Gasteiger partial charge in [-0.25, -0.2) is 4.79 Å². The van der Waals surface area contributed by atoms with Gasteiger partial charge in [0.15, 0.2) is 0 Å². The minimum Gasteiger partial charge on any atom is -0.497 e. The van der Waals surface area contributed by atoms with Crippen molar-refractivity contribution < 1.29 is 14.3 Å². The van der Waals surface area contributed by atoms with Gasteiger partial charge in [-0.05, 0) is 48.4 Å². The van der Waals surface area contributed by atoms with Gasteiger partial charge in [-0.1, -0.05) is 24.8 Å². The van der Waals surface area contributed by atoms with Crippen molar-refractivity contribution in [3.8, 4) is 5.75 Å². The Morgan fingerprint density at radius 2 is 1.80 bits per heavy atom. The summed E-state index contributed by atoms with van der Waals surface area (Å²) in [6.45, 7) is 7.08. The number of rotatable bonds is 4. The van der Waals surface area contributed by atoms with E-state index in [0.717, 1.165) is 22.1 Å². The highest BCUT2D eigenvalue weighted by Gasteiger charge is 2.12. The van der Waals surface area contributed by atoms with E-state index in [0.29, 0.717) is 5.57 Å². The van der Waals surface area contributed by atoms with Gasteiger partial charge in [0.25, 0.3) is 0 Å². The van der Waals surface area contributed by atoms with E-state index >= 15 is 0 Å². The zero-order valence-corrected chi connectivity index (χ0v) is 12.0. The lowest BCUT2D eigenvalue weighted by atomic mass is 10.0. The summed E-state index contributed by atoms with van der Waals surface area (Å²) in [4.78, 5) is 11.5. The molecule has 20 heavy (non-hydrogen) atoms. The summed E-state index contributed by atoms with van der Waals surface area (Å²) < 4.78 is 10.5. The van der Waals surface area contributed by atoms with E-state index in [1.807, 2.05) is 43.3 Å². The van der Waals surface area contributed by atoms with Gasteiger partial charge in [0, 0.05) is 5.57 Å². The number of fused-ring (bicyclic) bond motifs is 1. The number of benzene rings is 2. The molecule has 0 aliphatic carbocycles. The van der Waals surface area contributed by atoms with Crippen molar-refractivity contribution in [2.45, 2.75) is 20.0 Å². The predicted molar refractivity (Wildman–Crippen MR) is 79.8 cm³/mol.